The first-order valence-electron chi connectivity index (χ1n) is 7.33. The number of aliphatic hydroxyl groups excluding tert-OH is 1. The van der Waals surface area contributed by atoms with Gasteiger partial charge in [0, 0.05) is 18.7 Å². The van der Waals surface area contributed by atoms with Gasteiger partial charge in [-0.25, -0.2) is 4.39 Å². The molecule has 1 fully saturated rings. The molecule has 4 heteroatoms. The van der Waals surface area contributed by atoms with E-state index in [9.17, 15) is 9.50 Å². The van der Waals surface area contributed by atoms with Gasteiger partial charge in [0.2, 0.25) is 0 Å². The van der Waals surface area contributed by atoms with Crippen molar-refractivity contribution in [3.05, 3.63) is 35.6 Å². The minimum atomic E-state index is -0.521. The molecule has 2 rings (SSSR count). The van der Waals surface area contributed by atoms with E-state index in [0.29, 0.717) is 12.1 Å². The highest BCUT2D eigenvalue weighted by molar-refractivity contribution is 5.16. The smallest absolute Gasteiger partial charge is 0.128 e. The molecule has 112 valence electrons. The van der Waals surface area contributed by atoms with E-state index in [4.69, 9.17) is 4.74 Å². The van der Waals surface area contributed by atoms with Gasteiger partial charge in [-0.05, 0) is 31.9 Å². The van der Waals surface area contributed by atoms with Crippen LogP contribution in [0, 0.1) is 11.7 Å². The molecule has 1 N–H and O–H groups in total. The normalized spacial score (nSPS) is 17.2. The van der Waals surface area contributed by atoms with Crippen LogP contribution >= 0.6 is 0 Å². The number of ether oxygens (including phenoxy) is 1. The Labute approximate surface area is 120 Å². The fourth-order valence-electron chi connectivity index (χ4n) is 2.52. The summed E-state index contributed by atoms with van der Waals surface area (Å²) in [4.78, 5) is 2.15. The highest BCUT2D eigenvalue weighted by atomic mass is 19.1. The summed E-state index contributed by atoms with van der Waals surface area (Å²) in [5.74, 6) is 0.538. The summed E-state index contributed by atoms with van der Waals surface area (Å²) in [7, 11) is 2.03. The Kier molecular flexibility index (Phi) is 5.95. The van der Waals surface area contributed by atoms with Crippen LogP contribution in [0.2, 0.25) is 0 Å². The molecular formula is C16H24FNO2. The average Bonchev–Trinajstić information content (AvgIpc) is 2.36. The Hall–Kier alpha value is -0.970. The molecule has 1 aromatic rings. The quantitative estimate of drug-likeness (QED) is 0.794. The van der Waals surface area contributed by atoms with Crippen LogP contribution in [0.25, 0.3) is 0 Å². The van der Waals surface area contributed by atoms with Gasteiger partial charge in [-0.3, -0.25) is 0 Å². The van der Waals surface area contributed by atoms with Crippen LogP contribution in [-0.4, -0.2) is 42.9 Å². The van der Waals surface area contributed by atoms with E-state index in [1.165, 1.54) is 25.3 Å². The third-order valence-corrected chi connectivity index (χ3v) is 3.84. The van der Waals surface area contributed by atoms with Gasteiger partial charge in [-0.1, -0.05) is 24.6 Å². The molecule has 0 radical (unpaired) electrons. The van der Waals surface area contributed by atoms with E-state index in [2.05, 4.69) is 4.90 Å². The van der Waals surface area contributed by atoms with Crippen molar-refractivity contribution in [2.75, 3.05) is 26.7 Å². The second-order valence-corrected chi connectivity index (χ2v) is 5.78. The molecule has 1 aromatic carbocycles. The Morgan fingerprint density at radius 2 is 2.15 bits per heavy atom. The number of rotatable bonds is 8. The first kappa shape index (κ1) is 15.4. The standard InChI is InChI=1S/C16H24FNO2/c1-18(9-13-5-4-6-13)10-15(19)12-20-11-14-7-2-3-8-16(14)17/h2-3,7-8,13,15,19H,4-6,9-12H2,1H3. The molecule has 0 bridgehead atoms. The zero-order valence-corrected chi connectivity index (χ0v) is 12.1. The summed E-state index contributed by atoms with van der Waals surface area (Å²) in [5.41, 5.74) is 0.530. The van der Waals surface area contributed by atoms with Gasteiger partial charge in [0.05, 0.1) is 19.3 Å². The minimum absolute atomic E-state index is 0.204. The number of hydrogen-bond acceptors (Lipinski definition) is 3. The Morgan fingerprint density at radius 3 is 2.80 bits per heavy atom. The molecule has 1 unspecified atom stereocenters. The maximum atomic E-state index is 13.4. The van der Waals surface area contributed by atoms with Gasteiger partial charge in [0.25, 0.3) is 0 Å². The number of likely N-dealkylation sites (N-methyl/N-ethyl adjacent to an activating group) is 1. The molecule has 1 aliphatic carbocycles. The maximum Gasteiger partial charge on any atom is 0.128 e. The molecule has 3 nitrogen and oxygen atoms in total. The molecule has 0 spiro atoms. The van der Waals surface area contributed by atoms with E-state index in [1.54, 1.807) is 18.2 Å². The lowest BCUT2D eigenvalue weighted by Gasteiger charge is -2.31. The first-order valence-corrected chi connectivity index (χ1v) is 7.33. The molecular weight excluding hydrogens is 257 g/mol. The summed E-state index contributed by atoms with van der Waals surface area (Å²) < 4.78 is 18.8. The summed E-state index contributed by atoms with van der Waals surface area (Å²) >= 11 is 0. The van der Waals surface area contributed by atoms with Crippen molar-refractivity contribution >= 4 is 0 Å². The average molecular weight is 281 g/mol. The van der Waals surface area contributed by atoms with Crippen molar-refractivity contribution < 1.29 is 14.2 Å². The third-order valence-electron chi connectivity index (χ3n) is 3.84. The zero-order valence-electron chi connectivity index (χ0n) is 12.1. The Bertz CT molecular complexity index is 409. The van der Waals surface area contributed by atoms with Gasteiger partial charge in [-0.15, -0.1) is 0 Å². The van der Waals surface area contributed by atoms with Crippen molar-refractivity contribution in [2.45, 2.75) is 32.0 Å². The van der Waals surface area contributed by atoms with Crippen molar-refractivity contribution in [3.8, 4) is 0 Å². The summed E-state index contributed by atoms with van der Waals surface area (Å²) in [6, 6.07) is 6.56. The van der Waals surface area contributed by atoms with Crippen molar-refractivity contribution in [1.29, 1.82) is 0 Å². The second kappa shape index (κ2) is 7.72. The van der Waals surface area contributed by atoms with E-state index in [0.717, 1.165) is 12.5 Å². The van der Waals surface area contributed by atoms with Gasteiger partial charge < -0.3 is 14.7 Å². The van der Waals surface area contributed by atoms with Gasteiger partial charge in [0.1, 0.15) is 5.82 Å². The highest BCUT2D eigenvalue weighted by Crippen LogP contribution is 2.26. The molecule has 0 heterocycles. The number of benzene rings is 1. The number of hydrogen-bond donors (Lipinski definition) is 1. The Morgan fingerprint density at radius 1 is 1.40 bits per heavy atom. The SMILES string of the molecule is CN(CC(O)COCc1ccccc1F)CC1CCC1. The molecule has 0 amide bonds. The fourth-order valence-corrected chi connectivity index (χ4v) is 2.52. The van der Waals surface area contributed by atoms with E-state index in [-0.39, 0.29) is 19.0 Å². The topological polar surface area (TPSA) is 32.7 Å². The fraction of sp³-hybridized carbons (Fsp3) is 0.625. The number of aliphatic hydroxyl groups is 1. The lowest BCUT2D eigenvalue weighted by molar-refractivity contribution is 0.00929. The minimum Gasteiger partial charge on any atom is -0.389 e. The highest BCUT2D eigenvalue weighted by Gasteiger charge is 2.20. The molecule has 1 atom stereocenters. The summed E-state index contributed by atoms with van der Waals surface area (Å²) in [6.45, 7) is 2.09. The Balaban J connectivity index is 1.62. The van der Waals surface area contributed by atoms with Gasteiger partial charge >= 0.3 is 0 Å². The van der Waals surface area contributed by atoms with Crippen molar-refractivity contribution in [1.82, 2.24) is 4.90 Å². The predicted molar refractivity (Wildman–Crippen MR) is 76.9 cm³/mol. The molecule has 1 aliphatic rings. The van der Waals surface area contributed by atoms with E-state index >= 15 is 0 Å². The molecule has 0 aliphatic heterocycles. The van der Waals surface area contributed by atoms with Crippen molar-refractivity contribution in [2.24, 2.45) is 5.92 Å². The van der Waals surface area contributed by atoms with Crippen LogP contribution < -0.4 is 0 Å². The largest absolute Gasteiger partial charge is 0.389 e. The molecule has 20 heavy (non-hydrogen) atoms. The van der Waals surface area contributed by atoms with Gasteiger partial charge in [-0.2, -0.15) is 0 Å². The second-order valence-electron chi connectivity index (χ2n) is 5.78. The third kappa shape index (κ3) is 4.85. The first-order chi connectivity index (χ1) is 9.65. The molecule has 1 saturated carbocycles. The van der Waals surface area contributed by atoms with Crippen LogP contribution in [0.5, 0.6) is 0 Å². The lowest BCUT2D eigenvalue weighted by atomic mass is 9.85. The molecule has 0 saturated heterocycles. The monoisotopic (exact) mass is 281 g/mol. The van der Waals surface area contributed by atoms with Crippen LogP contribution in [0.3, 0.4) is 0 Å². The van der Waals surface area contributed by atoms with Crippen LogP contribution in [-0.2, 0) is 11.3 Å². The van der Waals surface area contributed by atoms with E-state index in [1.807, 2.05) is 7.05 Å². The van der Waals surface area contributed by atoms with Crippen LogP contribution in [0.15, 0.2) is 24.3 Å². The van der Waals surface area contributed by atoms with Gasteiger partial charge in [0.15, 0.2) is 0 Å². The van der Waals surface area contributed by atoms with Crippen LogP contribution in [0.1, 0.15) is 24.8 Å². The maximum absolute atomic E-state index is 13.4. The molecule has 0 aromatic heterocycles. The number of halogens is 1. The zero-order chi connectivity index (χ0) is 14.4. The summed E-state index contributed by atoms with van der Waals surface area (Å²) in [5, 5.41) is 9.91. The van der Waals surface area contributed by atoms with Crippen molar-refractivity contribution in [3.63, 3.8) is 0 Å². The number of nitrogens with zero attached hydrogens (tertiary/aromatic N) is 1. The predicted octanol–water partition coefficient (Wildman–Crippen LogP) is 2.44. The van der Waals surface area contributed by atoms with Crippen LogP contribution in [0.4, 0.5) is 4.39 Å². The lowest BCUT2D eigenvalue weighted by Crippen LogP contribution is -2.36. The van der Waals surface area contributed by atoms with E-state index < -0.39 is 6.10 Å². The summed E-state index contributed by atoms with van der Waals surface area (Å²) in [6.07, 6.45) is 3.44.